The van der Waals surface area contributed by atoms with Crippen LogP contribution in [0.15, 0.2) is 40.2 Å². The van der Waals surface area contributed by atoms with Crippen molar-refractivity contribution in [1.29, 1.82) is 0 Å². The summed E-state index contributed by atoms with van der Waals surface area (Å²) in [5, 5.41) is 7.18. The van der Waals surface area contributed by atoms with Crippen molar-refractivity contribution in [2.75, 3.05) is 40.0 Å². The van der Waals surface area contributed by atoms with Crippen LogP contribution in [0.1, 0.15) is 19.8 Å². The quantitative estimate of drug-likeness (QED) is 0.310. The van der Waals surface area contributed by atoms with E-state index in [-0.39, 0.29) is 0 Å². The van der Waals surface area contributed by atoms with Crippen LogP contribution < -0.4 is 10.6 Å². The van der Waals surface area contributed by atoms with Crippen LogP contribution >= 0.6 is 11.8 Å². The summed E-state index contributed by atoms with van der Waals surface area (Å²) in [7, 11) is 1.80. The van der Waals surface area contributed by atoms with E-state index >= 15 is 0 Å². The van der Waals surface area contributed by atoms with E-state index in [1.54, 1.807) is 7.05 Å². The molecule has 134 valence electrons. The Bertz CT molecular complexity index is 478. The normalized spacial score (nSPS) is 19.2. The highest BCUT2D eigenvalue weighted by Gasteiger charge is 2.15. The molecule has 1 aliphatic rings. The monoisotopic (exact) mass is 351 g/mol. The first-order valence-electron chi connectivity index (χ1n) is 8.63. The Hall–Kier alpha value is -1.24. The summed E-state index contributed by atoms with van der Waals surface area (Å²) >= 11 is 1.86. The van der Waals surface area contributed by atoms with Crippen molar-refractivity contribution in [3.8, 4) is 0 Å². The number of thioether (sulfide) groups is 1. The maximum Gasteiger partial charge on any atom is 0.191 e. The molecular weight excluding hydrogens is 322 g/mol. The third-order valence-corrected chi connectivity index (χ3v) is 4.83. The van der Waals surface area contributed by atoms with E-state index in [9.17, 15) is 0 Å². The molecule has 0 bridgehead atoms. The van der Waals surface area contributed by atoms with Gasteiger partial charge < -0.3 is 20.1 Å². The van der Waals surface area contributed by atoms with Gasteiger partial charge in [0.05, 0.1) is 12.7 Å². The highest BCUT2D eigenvalue weighted by Crippen LogP contribution is 2.21. The molecule has 0 radical (unpaired) electrons. The van der Waals surface area contributed by atoms with Crippen molar-refractivity contribution >= 4 is 17.7 Å². The van der Waals surface area contributed by atoms with E-state index in [1.807, 2.05) is 17.8 Å². The van der Waals surface area contributed by atoms with Crippen molar-refractivity contribution in [2.24, 2.45) is 4.99 Å². The third-order valence-electron chi connectivity index (χ3n) is 3.72. The molecule has 24 heavy (non-hydrogen) atoms. The predicted octanol–water partition coefficient (Wildman–Crippen LogP) is 2.53. The number of guanidine groups is 1. The number of rotatable bonds is 9. The zero-order valence-corrected chi connectivity index (χ0v) is 15.5. The molecule has 1 aromatic carbocycles. The molecule has 1 fully saturated rings. The highest BCUT2D eigenvalue weighted by atomic mass is 32.2. The fourth-order valence-corrected chi connectivity index (χ4v) is 3.35. The first-order valence-corrected chi connectivity index (χ1v) is 9.51. The fourth-order valence-electron chi connectivity index (χ4n) is 2.41. The van der Waals surface area contributed by atoms with Gasteiger partial charge in [0, 0.05) is 43.5 Å². The minimum atomic E-state index is 0.290. The van der Waals surface area contributed by atoms with E-state index in [1.165, 1.54) is 4.90 Å². The Morgan fingerprint density at radius 2 is 2.21 bits per heavy atom. The molecule has 2 N–H and O–H groups in total. The lowest BCUT2D eigenvalue weighted by Gasteiger charge is -2.16. The van der Waals surface area contributed by atoms with Crippen molar-refractivity contribution in [2.45, 2.75) is 36.0 Å². The van der Waals surface area contributed by atoms with Gasteiger partial charge in [0.1, 0.15) is 0 Å². The van der Waals surface area contributed by atoms with Crippen molar-refractivity contribution in [3.05, 3.63) is 30.3 Å². The Morgan fingerprint density at radius 3 is 2.92 bits per heavy atom. The van der Waals surface area contributed by atoms with Crippen LogP contribution in [0.2, 0.25) is 0 Å². The maximum atomic E-state index is 5.75. The minimum Gasteiger partial charge on any atom is -0.379 e. The minimum absolute atomic E-state index is 0.290. The van der Waals surface area contributed by atoms with E-state index < -0.39 is 0 Å². The van der Waals surface area contributed by atoms with Crippen molar-refractivity contribution in [3.63, 3.8) is 0 Å². The van der Waals surface area contributed by atoms with Crippen LogP contribution in [0.4, 0.5) is 0 Å². The molecule has 0 saturated carbocycles. The van der Waals surface area contributed by atoms with Gasteiger partial charge in [-0.2, -0.15) is 0 Å². The van der Waals surface area contributed by atoms with Crippen LogP contribution in [0.5, 0.6) is 0 Å². The largest absolute Gasteiger partial charge is 0.379 e. The lowest BCUT2D eigenvalue weighted by Crippen LogP contribution is -2.40. The molecule has 1 saturated heterocycles. The second-order valence-corrected chi connectivity index (χ2v) is 7.34. The third kappa shape index (κ3) is 7.55. The first kappa shape index (κ1) is 19.1. The van der Waals surface area contributed by atoms with Crippen LogP contribution in [0.25, 0.3) is 0 Å². The maximum absolute atomic E-state index is 5.75. The Labute approximate surface area is 149 Å². The van der Waals surface area contributed by atoms with E-state index in [0.717, 1.165) is 51.7 Å². The molecule has 2 rings (SSSR count). The van der Waals surface area contributed by atoms with E-state index in [0.29, 0.717) is 11.4 Å². The summed E-state index contributed by atoms with van der Waals surface area (Å²) < 4.78 is 11.0. The van der Waals surface area contributed by atoms with Gasteiger partial charge in [-0.05, 0) is 25.0 Å². The standard InChI is InChI=1S/C18H29N3O2S/c1-15(24-17-7-4-3-5-8-17)13-21-18(19-2)20-10-6-11-23-16-9-12-22-14-16/h3-5,7-8,15-16H,6,9-14H2,1-2H3,(H2,19,20,21). The van der Waals surface area contributed by atoms with Gasteiger partial charge in [-0.3, -0.25) is 4.99 Å². The van der Waals surface area contributed by atoms with Crippen molar-refractivity contribution < 1.29 is 9.47 Å². The van der Waals surface area contributed by atoms with Crippen molar-refractivity contribution in [1.82, 2.24) is 10.6 Å². The molecule has 6 heteroatoms. The number of nitrogens with zero attached hydrogens (tertiary/aromatic N) is 1. The van der Waals surface area contributed by atoms with Gasteiger partial charge in [-0.15, -0.1) is 11.8 Å². The van der Waals surface area contributed by atoms with E-state index in [2.05, 4.69) is 46.8 Å². The van der Waals surface area contributed by atoms with Gasteiger partial charge in [0.25, 0.3) is 0 Å². The highest BCUT2D eigenvalue weighted by molar-refractivity contribution is 8.00. The summed E-state index contributed by atoms with van der Waals surface area (Å²) in [5.41, 5.74) is 0. The molecule has 2 unspecified atom stereocenters. The van der Waals surface area contributed by atoms with Crippen LogP contribution in [-0.4, -0.2) is 57.3 Å². The van der Waals surface area contributed by atoms with Gasteiger partial charge in [0.2, 0.25) is 0 Å². The summed E-state index contributed by atoms with van der Waals surface area (Å²) in [5.74, 6) is 0.847. The molecule has 5 nitrogen and oxygen atoms in total. The molecule has 2 atom stereocenters. The van der Waals surface area contributed by atoms with E-state index in [4.69, 9.17) is 9.47 Å². The average molecular weight is 352 g/mol. The average Bonchev–Trinajstić information content (AvgIpc) is 3.11. The molecule has 0 amide bonds. The molecule has 1 aromatic rings. The molecule has 1 aliphatic heterocycles. The summed E-state index contributed by atoms with van der Waals surface area (Å²) in [6.45, 7) is 6.28. The molecular formula is C18H29N3O2S. The number of ether oxygens (including phenoxy) is 2. The Balaban J connectivity index is 1.54. The SMILES string of the molecule is CN=C(NCCCOC1CCOC1)NCC(C)Sc1ccccc1. The molecule has 0 spiro atoms. The fraction of sp³-hybridized carbons (Fsp3) is 0.611. The predicted molar refractivity (Wildman–Crippen MR) is 101 cm³/mol. The van der Waals surface area contributed by atoms with Gasteiger partial charge in [-0.1, -0.05) is 25.1 Å². The molecule has 1 heterocycles. The second kappa shape index (κ2) is 11.3. The molecule has 0 aliphatic carbocycles. The summed E-state index contributed by atoms with van der Waals surface area (Å²) in [6.07, 6.45) is 2.28. The van der Waals surface area contributed by atoms with Crippen LogP contribution in [0.3, 0.4) is 0 Å². The topological polar surface area (TPSA) is 54.9 Å². The number of hydrogen-bond donors (Lipinski definition) is 2. The van der Waals surface area contributed by atoms with Gasteiger partial charge >= 0.3 is 0 Å². The zero-order chi connectivity index (χ0) is 17.0. The lowest BCUT2D eigenvalue weighted by molar-refractivity contribution is 0.0420. The van der Waals surface area contributed by atoms with Crippen LogP contribution in [-0.2, 0) is 9.47 Å². The van der Waals surface area contributed by atoms with Gasteiger partial charge in [-0.25, -0.2) is 0 Å². The first-order chi connectivity index (χ1) is 11.8. The lowest BCUT2D eigenvalue weighted by atomic mass is 10.3. The number of aliphatic imine (C=N–C) groups is 1. The zero-order valence-electron chi connectivity index (χ0n) is 14.7. The Morgan fingerprint density at radius 1 is 1.38 bits per heavy atom. The second-order valence-electron chi connectivity index (χ2n) is 5.83. The van der Waals surface area contributed by atoms with Gasteiger partial charge in [0.15, 0.2) is 5.96 Å². The summed E-state index contributed by atoms with van der Waals surface area (Å²) in [6, 6.07) is 10.5. The molecule has 0 aromatic heterocycles. The smallest absolute Gasteiger partial charge is 0.191 e. The Kier molecular flexibility index (Phi) is 9.02. The number of benzene rings is 1. The number of hydrogen-bond acceptors (Lipinski definition) is 4. The number of nitrogens with one attached hydrogen (secondary N) is 2. The summed E-state index contributed by atoms with van der Waals surface area (Å²) in [4.78, 5) is 5.56. The van der Waals surface area contributed by atoms with Crippen LogP contribution in [0, 0.1) is 0 Å².